The Kier molecular flexibility index (Phi) is 5.31. The maximum Gasteiger partial charge on any atom is 0.229 e. The number of H-pyrrole nitrogens is 1. The zero-order chi connectivity index (χ0) is 15.4. The monoisotopic (exact) mass is 320 g/mol. The molecule has 0 saturated heterocycles. The molecular formula is C16H20N2OS2. The van der Waals surface area contributed by atoms with Crippen LogP contribution in [0.25, 0.3) is 0 Å². The van der Waals surface area contributed by atoms with E-state index in [1.54, 1.807) is 0 Å². The third kappa shape index (κ3) is 4.25. The molecule has 21 heavy (non-hydrogen) atoms. The summed E-state index contributed by atoms with van der Waals surface area (Å²) < 4.78 is 0.716. The third-order valence-corrected chi connectivity index (χ3v) is 4.96. The summed E-state index contributed by atoms with van der Waals surface area (Å²) in [5, 5.41) is 2.93. The number of amides is 1. The first kappa shape index (κ1) is 15.9. The second-order valence-electron chi connectivity index (χ2n) is 5.22. The molecule has 1 heterocycles. The van der Waals surface area contributed by atoms with Crippen LogP contribution in [0.4, 0.5) is 5.69 Å². The van der Waals surface area contributed by atoms with Crippen molar-refractivity contribution in [2.24, 2.45) is 0 Å². The van der Waals surface area contributed by atoms with E-state index in [1.165, 1.54) is 16.9 Å². The highest BCUT2D eigenvalue weighted by atomic mass is 32.1. The summed E-state index contributed by atoms with van der Waals surface area (Å²) in [4.78, 5) is 16.1. The minimum atomic E-state index is -0.0142. The number of carbonyl (C=O) groups excluding carboxylic acids is 1. The van der Waals surface area contributed by atoms with Gasteiger partial charge in [0.05, 0.1) is 6.42 Å². The zero-order valence-electron chi connectivity index (χ0n) is 12.5. The number of carbonyl (C=O) groups is 1. The molecule has 0 unspecified atom stereocenters. The standard InChI is InChI=1S/C16H20N2OS2/c1-4-10(2)12-5-7-13(8-6-12)18-15(19)9-14-11(3)17-16(20)21-14/h5-8,10H,4,9H2,1-3H3,(H,17,20)(H,18,19)/t10-/m1/s1. The molecule has 5 heteroatoms. The molecule has 1 amide bonds. The Balaban J connectivity index is 1.99. The van der Waals surface area contributed by atoms with Crippen LogP contribution in [0.15, 0.2) is 24.3 Å². The van der Waals surface area contributed by atoms with Gasteiger partial charge in [0.2, 0.25) is 5.91 Å². The van der Waals surface area contributed by atoms with Crippen molar-refractivity contribution < 1.29 is 4.79 Å². The maximum atomic E-state index is 12.1. The van der Waals surface area contributed by atoms with E-state index in [2.05, 4.69) is 36.3 Å². The first-order chi connectivity index (χ1) is 9.99. The lowest BCUT2D eigenvalue weighted by atomic mass is 9.99. The van der Waals surface area contributed by atoms with E-state index in [4.69, 9.17) is 12.2 Å². The molecule has 0 bridgehead atoms. The maximum absolute atomic E-state index is 12.1. The van der Waals surface area contributed by atoms with Gasteiger partial charge in [-0.05, 0) is 49.2 Å². The average molecular weight is 320 g/mol. The molecule has 1 aromatic carbocycles. The predicted molar refractivity (Wildman–Crippen MR) is 91.7 cm³/mol. The number of nitrogens with one attached hydrogen (secondary N) is 2. The van der Waals surface area contributed by atoms with Gasteiger partial charge in [-0.1, -0.05) is 26.0 Å². The van der Waals surface area contributed by atoms with Crippen LogP contribution in [0.3, 0.4) is 0 Å². The quantitative estimate of drug-likeness (QED) is 0.777. The molecule has 0 spiro atoms. The van der Waals surface area contributed by atoms with Crippen LogP contribution in [-0.4, -0.2) is 10.9 Å². The molecule has 2 aromatic rings. The van der Waals surface area contributed by atoms with Crippen molar-refractivity contribution in [3.8, 4) is 0 Å². The molecule has 0 fully saturated rings. The smallest absolute Gasteiger partial charge is 0.229 e. The second-order valence-corrected chi connectivity index (χ2v) is 6.99. The summed E-state index contributed by atoms with van der Waals surface area (Å²) in [6.07, 6.45) is 1.47. The van der Waals surface area contributed by atoms with Gasteiger partial charge < -0.3 is 10.3 Å². The molecule has 2 N–H and O–H groups in total. The minimum Gasteiger partial charge on any atom is -0.341 e. The Morgan fingerprint density at radius 2 is 2.05 bits per heavy atom. The van der Waals surface area contributed by atoms with Gasteiger partial charge in [0.1, 0.15) is 0 Å². The van der Waals surface area contributed by atoms with Gasteiger partial charge in [0.25, 0.3) is 0 Å². The normalized spacial score (nSPS) is 12.1. The lowest BCUT2D eigenvalue weighted by Gasteiger charge is -2.10. The molecule has 0 radical (unpaired) electrons. The summed E-state index contributed by atoms with van der Waals surface area (Å²) in [5.74, 6) is 0.532. The van der Waals surface area contributed by atoms with Crippen LogP contribution in [0.5, 0.6) is 0 Å². The Labute approximate surface area is 134 Å². The summed E-state index contributed by atoms with van der Waals surface area (Å²) >= 11 is 6.55. The van der Waals surface area contributed by atoms with Crippen LogP contribution in [0.2, 0.25) is 0 Å². The highest BCUT2D eigenvalue weighted by Crippen LogP contribution is 2.21. The van der Waals surface area contributed by atoms with E-state index < -0.39 is 0 Å². The lowest BCUT2D eigenvalue weighted by Crippen LogP contribution is -2.14. The Bertz CT molecular complexity index is 670. The van der Waals surface area contributed by atoms with Crippen molar-refractivity contribution in [3.63, 3.8) is 0 Å². The average Bonchev–Trinajstić information content (AvgIpc) is 2.76. The molecule has 0 aliphatic rings. The van der Waals surface area contributed by atoms with E-state index in [9.17, 15) is 4.79 Å². The molecule has 3 nitrogen and oxygen atoms in total. The number of rotatable bonds is 5. The Morgan fingerprint density at radius 3 is 2.57 bits per heavy atom. The molecule has 0 aliphatic heterocycles. The van der Waals surface area contributed by atoms with Gasteiger partial charge in [-0.25, -0.2) is 0 Å². The fraction of sp³-hybridized carbons (Fsp3) is 0.375. The molecule has 112 valence electrons. The summed E-state index contributed by atoms with van der Waals surface area (Å²) in [7, 11) is 0. The molecule has 1 atom stereocenters. The van der Waals surface area contributed by atoms with Gasteiger partial charge >= 0.3 is 0 Å². The highest BCUT2D eigenvalue weighted by Gasteiger charge is 2.09. The number of aryl methyl sites for hydroxylation is 1. The molecule has 0 saturated carbocycles. The number of aromatic amines is 1. The van der Waals surface area contributed by atoms with Crippen molar-refractivity contribution >= 4 is 35.1 Å². The molecule has 2 rings (SSSR count). The fourth-order valence-corrected chi connectivity index (χ4v) is 3.38. The first-order valence-electron chi connectivity index (χ1n) is 7.08. The largest absolute Gasteiger partial charge is 0.341 e. The predicted octanol–water partition coefficient (Wildman–Crippen LogP) is 4.81. The Hall–Kier alpha value is -1.46. The van der Waals surface area contributed by atoms with Crippen molar-refractivity contribution in [2.45, 2.75) is 39.5 Å². The van der Waals surface area contributed by atoms with Gasteiger partial charge in [-0.3, -0.25) is 4.79 Å². The number of anilines is 1. The van der Waals surface area contributed by atoms with Crippen LogP contribution >= 0.6 is 23.6 Å². The topological polar surface area (TPSA) is 44.9 Å². The van der Waals surface area contributed by atoms with Crippen LogP contribution < -0.4 is 5.32 Å². The minimum absolute atomic E-state index is 0.0142. The SMILES string of the molecule is CC[C@@H](C)c1ccc(NC(=O)Cc2sc(=S)[nH]c2C)cc1. The van der Waals surface area contributed by atoms with Crippen molar-refractivity contribution in [1.29, 1.82) is 0 Å². The number of aromatic nitrogens is 1. The van der Waals surface area contributed by atoms with E-state index in [0.717, 1.165) is 22.7 Å². The zero-order valence-corrected chi connectivity index (χ0v) is 14.2. The summed E-state index contributed by atoms with van der Waals surface area (Å²) in [6, 6.07) is 8.08. The van der Waals surface area contributed by atoms with Gasteiger partial charge in [0, 0.05) is 16.3 Å². The van der Waals surface area contributed by atoms with Crippen LogP contribution in [0.1, 0.15) is 42.3 Å². The number of thiazole rings is 1. The second kappa shape index (κ2) is 7.00. The van der Waals surface area contributed by atoms with E-state index in [1.807, 2.05) is 19.1 Å². The van der Waals surface area contributed by atoms with Gasteiger partial charge in [-0.2, -0.15) is 0 Å². The van der Waals surface area contributed by atoms with E-state index in [0.29, 0.717) is 16.3 Å². The van der Waals surface area contributed by atoms with Crippen LogP contribution in [-0.2, 0) is 11.2 Å². The summed E-state index contributed by atoms with van der Waals surface area (Å²) in [5.41, 5.74) is 3.12. The summed E-state index contributed by atoms with van der Waals surface area (Å²) in [6.45, 7) is 6.32. The number of hydrogen-bond acceptors (Lipinski definition) is 3. The fourth-order valence-electron chi connectivity index (χ4n) is 2.09. The van der Waals surface area contributed by atoms with Crippen molar-refractivity contribution in [1.82, 2.24) is 4.98 Å². The van der Waals surface area contributed by atoms with Gasteiger partial charge in [0.15, 0.2) is 3.95 Å². The molecule has 0 aliphatic carbocycles. The van der Waals surface area contributed by atoms with Crippen molar-refractivity contribution in [3.05, 3.63) is 44.4 Å². The highest BCUT2D eigenvalue weighted by molar-refractivity contribution is 7.73. The first-order valence-corrected chi connectivity index (χ1v) is 8.30. The number of hydrogen-bond donors (Lipinski definition) is 2. The number of benzene rings is 1. The van der Waals surface area contributed by atoms with E-state index in [-0.39, 0.29) is 5.91 Å². The van der Waals surface area contributed by atoms with E-state index >= 15 is 0 Å². The lowest BCUT2D eigenvalue weighted by molar-refractivity contribution is -0.115. The van der Waals surface area contributed by atoms with Gasteiger partial charge in [-0.15, -0.1) is 11.3 Å². The van der Waals surface area contributed by atoms with Crippen LogP contribution in [0, 0.1) is 10.9 Å². The Morgan fingerprint density at radius 1 is 1.38 bits per heavy atom. The third-order valence-electron chi connectivity index (χ3n) is 3.62. The van der Waals surface area contributed by atoms with Crippen molar-refractivity contribution in [2.75, 3.05) is 5.32 Å². The molecule has 1 aromatic heterocycles. The molecular weight excluding hydrogens is 300 g/mol.